The molecule has 0 spiro atoms. The summed E-state index contributed by atoms with van der Waals surface area (Å²) >= 11 is 0. The third-order valence-corrected chi connectivity index (χ3v) is 3.66. The van der Waals surface area contributed by atoms with E-state index in [0.717, 1.165) is 16.6 Å². The fraction of sp³-hybridized carbons (Fsp3) is 0. The molecular formula is C21H17N3O2. The Bertz CT molecular complexity index is 979. The summed E-state index contributed by atoms with van der Waals surface area (Å²) in [5, 5.41) is 19.4. The normalized spacial score (nSPS) is 10.8. The molecule has 0 saturated heterocycles. The number of carboxylic acids is 1. The van der Waals surface area contributed by atoms with Crippen LogP contribution in [0.3, 0.4) is 0 Å². The number of aliphatic carboxylic acids is 1. The molecule has 2 N–H and O–H groups in total. The smallest absolute Gasteiger partial charge is 0.336 e. The van der Waals surface area contributed by atoms with Crippen LogP contribution in [0.2, 0.25) is 0 Å². The molecule has 3 aromatic carbocycles. The molecule has 0 amide bonds. The molecule has 5 heteroatoms. The van der Waals surface area contributed by atoms with Crippen LogP contribution in [-0.4, -0.2) is 26.5 Å². The van der Waals surface area contributed by atoms with Crippen LogP contribution in [0.4, 0.5) is 0 Å². The molecule has 0 bridgehead atoms. The highest BCUT2D eigenvalue weighted by molar-refractivity contribution is 6.20. The van der Waals surface area contributed by atoms with E-state index in [-0.39, 0.29) is 0 Å². The number of nitrogens with one attached hydrogen (secondary N) is 1. The van der Waals surface area contributed by atoms with E-state index >= 15 is 0 Å². The highest BCUT2D eigenvalue weighted by Crippen LogP contribution is 2.18. The summed E-state index contributed by atoms with van der Waals surface area (Å²) in [7, 11) is 0. The molecule has 0 fully saturated rings. The van der Waals surface area contributed by atoms with Crippen molar-refractivity contribution in [2.45, 2.75) is 0 Å². The maximum Gasteiger partial charge on any atom is 0.336 e. The summed E-state index contributed by atoms with van der Waals surface area (Å²) in [6.07, 6.45) is 1.68. The Hall–Kier alpha value is -3.73. The van der Waals surface area contributed by atoms with E-state index < -0.39 is 5.97 Å². The fourth-order valence-electron chi connectivity index (χ4n) is 2.39. The SMILES string of the molecule is O=C(O)C(=Cc1ccccc1)c1ccccc1.c1ccc2[nH]nnc2c1. The molecule has 0 unspecified atom stereocenters. The second-order valence-corrected chi connectivity index (χ2v) is 5.47. The largest absolute Gasteiger partial charge is 0.478 e. The Morgan fingerprint density at radius 2 is 1.46 bits per heavy atom. The molecule has 0 aliphatic heterocycles. The summed E-state index contributed by atoms with van der Waals surface area (Å²) in [4.78, 5) is 11.2. The Balaban J connectivity index is 0.000000181. The zero-order chi connectivity index (χ0) is 18.2. The topological polar surface area (TPSA) is 78.9 Å². The summed E-state index contributed by atoms with van der Waals surface area (Å²) < 4.78 is 0. The standard InChI is InChI=1S/C15H12O2.C6H5N3/c16-15(17)14(13-9-5-2-6-10-13)11-12-7-3-1-4-8-12;1-2-4-6-5(3-1)7-9-8-6/h1-11H,(H,16,17);1-4H,(H,7,8,9). The molecule has 5 nitrogen and oxygen atoms in total. The van der Waals surface area contributed by atoms with Crippen LogP contribution in [0.1, 0.15) is 11.1 Å². The summed E-state index contributed by atoms with van der Waals surface area (Å²) in [5.41, 5.74) is 3.80. The van der Waals surface area contributed by atoms with E-state index in [1.54, 1.807) is 18.2 Å². The molecule has 4 aromatic rings. The molecule has 26 heavy (non-hydrogen) atoms. The Labute approximate surface area is 150 Å². The summed E-state index contributed by atoms with van der Waals surface area (Å²) in [6, 6.07) is 26.3. The zero-order valence-electron chi connectivity index (χ0n) is 13.9. The number of nitrogens with zero attached hydrogens (tertiary/aromatic N) is 2. The lowest BCUT2D eigenvalue weighted by Crippen LogP contribution is -1.99. The number of hydrogen-bond acceptors (Lipinski definition) is 3. The van der Waals surface area contributed by atoms with Crippen LogP contribution in [0.15, 0.2) is 84.9 Å². The lowest BCUT2D eigenvalue weighted by Gasteiger charge is -2.02. The van der Waals surface area contributed by atoms with Crippen molar-refractivity contribution in [3.8, 4) is 0 Å². The number of aromatic nitrogens is 3. The number of aromatic amines is 1. The quantitative estimate of drug-likeness (QED) is 0.430. The Morgan fingerprint density at radius 3 is 2.12 bits per heavy atom. The maximum atomic E-state index is 11.2. The van der Waals surface area contributed by atoms with Gasteiger partial charge in [-0.05, 0) is 29.3 Å². The molecule has 0 aliphatic carbocycles. The van der Waals surface area contributed by atoms with Gasteiger partial charge in [0.15, 0.2) is 0 Å². The second-order valence-electron chi connectivity index (χ2n) is 5.47. The fourth-order valence-corrected chi connectivity index (χ4v) is 2.39. The van der Waals surface area contributed by atoms with Crippen LogP contribution in [-0.2, 0) is 4.79 Å². The number of fused-ring (bicyclic) bond motifs is 1. The first-order valence-electron chi connectivity index (χ1n) is 8.05. The number of para-hydroxylation sites is 1. The molecule has 0 saturated carbocycles. The van der Waals surface area contributed by atoms with Gasteiger partial charge in [0.2, 0.25) is 0 Å². The number of hydrogen-bond donors (Lipinski definition) is 2. The van der Waals surface area contributed by atoms with Gasteiger partial charge < -0.3 is 5.11 Å². The maximum absolute atomic E-state index is 11.2. The molecular weight excluding hydrogens is 326 g/mol. The van der Waals surface area contributed by atoms with Crippen molar-refractivity contribution in [3.05, 3.63) is 96.1 Å². The molecule has 4 rings (SSSR count). The van der Waals surface area contributed by atoms with Crippen molar-refractivity contribution < 1.29 is 9.90 Å². The summed E-state index contributed by atoms with van der Waals surface area (Å²) in [6.45, 7) is 0. The van der Waals surface area contributed by atoms with E-state index in [1.807, 2.05) is 72.8 Å². The minimum absolute atomic E-state index is 0.303. The number of carbonyl (C=O) groups is 1. The van der Waals surface area contributed by atoms with Gasteiger partial charge in [0.1, 0.15) is 5.52 Å². The first-order chi connectivity index (χ1) is 12.7. The van der Waals surface area contributed by atoms with Crippen LogP contribution in [0, 0.1) is 0 Å². The van der Waals surface area contributed by atoms with E-state index in [9.17, 15) is 9.90 Å². The van der Waals surface area contributed by atoms with Gasteiger partial charge in [0.05, 0.1) is 11.1 Å². The van der Waals surface area contributed by atoms with Gasteiger partial charge in [-0.25, -0.2) is 4.79 Å². The predicted molar refractivity (Wildman–Crippen MR) is 102 cm³/mol. The number of benzene rings is 3. The predicted octanol–water partition coefficient (Wildman–Crippen LogP) is 4.27. The molecule has 1 aromatic heterocycles. The van der Waals surface area contributed by atoms with Crippen molar-refractivity contribution in [2.24, 2.45) is 0 Å². The third-order valence-electron chi connectivity index (χ3n) is 3.66. The van der Waals surface area contributed by atoms with Crippen molar-refractivity contribution in [1.82, 2.24) is 15.4 Å². The Kier molecular flexibility index (Phi) is 5.52. The first-order valence-corrected chi connectivity index (χ1v) is 8.05. The molecule has 0 aliphatic rings. The minimum atomic E-state index is -0.917. The molecule has 1 heterocycles. The van der Waals surface area contributed by atoms with Crippen molar-refractivity contribution >= 4 is 28.7 Å². The van der Waals surface area contributed by atoms with E-state index in [4.69, 9.17) is 0 Å². The third kappa shape index (κ3) is 4.42. The highest BCUT2D eigenvalue weighted by Gasteiger charge is 2.09. The number of carboxylic acid groups (broad SMARTS) is 1. The number of H-pyrrole nitrogens is 1. The number of rotatable bonds is 3. The van der Waals surface area contributed by atoms with E-state index in [1.165, 1.54) is 0 Å². The van der Waals surface area contributed by atoms with Gasteiger partial charge in [-0.3, -0.25) is 5.10 Å². The van der Waals surface area contributed by atoms with Crippen LogP contribution >= 0.6 is 0 Å². The second kappa shape index (κ2) is 8.39. The monoisotopic (exact) mass is 343 g/mol. The van der Waals surface area contributed by atoms with Gasteiger partial charge in [-0.15, -0.1) is 5.10 Å². The van der Waals surface area contributed by atoms with Gasteiger partial charge in [0.25, 0.3) is 0 Å². The molecule has 0 atom stereocenters. The van der Waals surface area contributed by atoms with E-state index in [0.29, 0.717) is 11.1 Å². The first kappa shape index (κ1) is 17.1. The van der Waals surface area contributed by atoms with E-state index in [2.05, 4.69) is 15.4 Å². The average Bonchev–Trinajstić information content (AvgIpc) is 3.17. The minimum Gasteiger partial charge on any atom is -0.478 e. The van der Waals surface area contributed by atoms with Crippen molar-refractivity contribution in [2.75, 3.05) is 0 Å². The Morgan fingerprint density at radius 1 is 0.846 bits per heavy atom. The van der Waals surface area contributed by atoms with Gasteiger partial charge in [-0.1, -0.05) is 78.0 Å². The van der Waals surface area contributed by atoms with Crippen LogP contribution < -0.4 is 0 Å². The highest BCUT2D eigenvalue weighted by atomic mass is 16.4. The van der Waals surface area contributed by atoms with Crippen LogP contribution in [0.5, 0.6) is 0 Å². The lowest BCUT2D eigenvalue weighted by molar-refractivity contribution is -0.130. The molecule has 0 radical (unpaired) electrons. The zero-order valence-corrected chi connectivity index (χ0v) is 13.9. The van der Waals surface area contributed by atoms with Gasteiger partial charge >= 0.3 is 5.97 Å². The molecule has 128 valence electrons. The average molecular weight is 343 g/mol. The van der Waals surface area contributed by atoms with Crippen LogP contribution in [0.25, 0.3) is 22.7 Å². The van der Waals surface area contributed by atoms with Crippen molar-refractivity contribution in [3.63, 3.8) is 0 Å². The van der Waals surface area contributed by atoms with Crippen molar-refractivity contribution in [1.29, 1.82) is 0 Å². The van der Waals surface area contributed by atoms with Gasteiger partial charge in [0, 0.05) is 0 Å². The van der Waals surface area contributed by atoms with Gasteiger partial charge in [-0.2, -0.15) is 0 Å². The lowest BCUT2D eigenvalue weighted by atomic mass is 10.0. The summed E-state index contributed by atoms with van der Waals surface area (Å²) in [5.74, 6) is -0.917.